The third-order valence-electron chi connectivity index (χ3n) is 1.85. The Morgan fingerprint density at radius 3 is 2.85 bits per heavy atom. The number of thiocarbonyl (C=S) groups is 1. The first kappa shape index (κ1) is 8.13. The van der Waals surface area contributed by atoms with Crippen molar-refractivity contribution in [1.82, 2.24) is 9.55 Å². The van der Waals surface area contributed by atoms with Gasteiger partial charge < -0.3 is 4.57 Å². The summed E-state index contributed by atoms with van der Waals surface area (Å²) >= 11 is 4.92. The molecular formula is C10H8N2S. The molecule has 0 saturated heterocycles. The Hall–Kier alpha value is -1.48. The molecule has 0 amide bonds. The molecule has 0 bridgehead atoms. The van der Waals surface area contributed by atoms with E-state index in [1.165, 1.54) is 0 Å². The molecule has 0 radical (unpaired) electrons. The van der Waals surface area contributed by atoms with Crippen molar-refractivity contribution in [3.05, 3.63) is 48.5 Å². The SMILES string of the molecule is S=Cc1ccccc1-n1ccnc1. The van der Waals surface area contributed by atoms with Gasteiger partial charge in [-0.3, -0.25) is 0 Å². The van der Waals surface area contributed by atoms with Crippen molar-refractivity contribution in [3.63, 3.8) is 0 Å². The molecule has 1 heterocycles. The molecule has 0 aliphatic heterocycles. The van der Waals surface area contributed by atoms with Crippen LogP contribution in [0.1, 0.15) is 5.56 Å². The van der Waals surface area contributed by atoms with Gasteiger partial charge in [-0.1, -0.05) is 30.4 Å². The Balaban J connectivity index is 2.57. The maximum Gasteiger partial charge on any atom is 0.0991 e. The van der Waals surface area contributed by atoms with E-state index < -0.39 is 0 Å². The van der Waals surface area contributed by atoms with Crippen LogP contribution in [0.5, 0.6) is 0 Å². The molecule has 64 valence electrons. The van der Waals surface area contributed by atoms with Gasteiger partial charge in [0.25, 0.3) is 0 Å². The first-order valence-electron chi connectivity index (χ1n) is 3.94. The number of hydrogen-bond acceptors (Lipinski definition) is 2. The average Bonchev–Trinajstić information content (AvgIpc) is 2.70. The Morgan fingerprint density at radius 2 is 2.15 bits per heavy atom. The van der Waals surface area contributed by atoms with Gasteiger partial charge in [-0.05, 0) is 6.07 Å². The second-order valence-electron chi connectivity index (χ2n) is 2.65. The van der Waals surface area contributed by atoms with E-state index in [2.05, 4.69) is 4.98 Å². The fraction of sp³-hybridized carbons (Fsp3) is 0. The summed E-state index contributed by atoms with van der Waals surface area (Å²) in [6.45, 7) is 0. The molecule has 2 aromatic rings. The van der Waals surface area contributed by atoms with E-state index >= 15 is 0 Å². The first-order chi connectivity index (χ1) is 6.42. The summed E-state index contributed by atoms with van der Waals surface area (Å²) in [6.07, 6.45) is 5.41. The zero-order chi connectivity index (χ0) is 9.10. The number of rotatable bonds is 2. The zero-order valence-corrected chi connectivity index (χ0v) is 7.74. The van der Waals surface area contributed by atoms with Crippen molar-refractivity contribution < 1.29 is 0 Å². The van der Waals surface area contributed by atoms with Crippen LogP contribution < -0.4 is 0 Å². The van der Waals surface area contributed by atoms with Crippen LogP contribution in [0.25, 0.3) is 5.69 Å². The van der Waals surface area contributed by atoms with Crippen LogP contribution in [0.2, 0.25) is 0 Å². The molecule has 0 fully saturated rings. The van der Waals surface area contributed by atoms with E-state index in [1.54, 1.807) is 17.9 Å². The van der Waals surface area contributed by atoms with Gasteiger partial charge in [0.15, 0.2) is 0 Å². The number of para-hydroxylation sites is 1. The number of imidazole rings is 1. The van der Waals surface area contributed by atoms with Gasteiger partial charge in [0.05, 0.1) is 12.0 Å². The van der Waals surface area contributed by atoms with Gasteiger partial charge in [0, 0.05) is 23.3 Å². The fourth-order valence-corrected chi connectivity index (χ4v) is 1.42. The molecule has 0 unspecified atom stereocenters. The largest absolute Gasteiger partial charge is 0.306 e. The van der Waals surface area contributed by atoms with Crippen molar-refractivity contribution >= 4 is 17.6 Å². The quantitative estimate of drug-likeness (QED) is 0.672. The summed E-state index contributed by atoms with van der Waals surface area (Å²) in [6, 6.07) is 7.96. The van der Waals surface area contributed by atoms with Gasteiger partial charge in [-0.15, -0.1) is 0 Å². The molecule has 13 heavy (non-hydrogen) atoms. The van der Waals surface area contributed by atoms with Crippen molar-refractivity contribution in [1.29, 1.82) is 0 Å². The van der Waals surface area contributed by atoms with Crippen LogP contribution in [-0.2, 0) is 0 Å². The third kappa shape index (κ3) is 1.51. The predicted molar refractivity (Wildman–Crippen MR) is 56.3 cm³/mol. The molecule has 0 aliphatic rings. The monoisotopic (exact) mass is 188 g/mol. The van der Waals surface area contributed by atoms with Crippen LogP contribution in [0, 0.1) is 0 Å². The lowest BCUT2D eigenvalue weighted by Crippen LogP contribution is -1.94. The standard InChI is InChI=1S/C10H8N2S/c13-7-9-3-1-2-4-10(9)12-6-5-11-8-12/h1-8H. The van der Waals surface area contributed by atoms with E-state index in [0.717, 1.165) is 11.3 Å². The summed E-state index contributed by atoms with van der Waals surface area (Å²) in [4.78, 5) is 3.99. The molecule has 1 aromatic carbocycles. The van der Waals surface area contributed by atoms with Crippen molar-refractivity contribution in [3.8, 4) is 5.69 Å². The molecule has 3 heteroatoms. The summed E-state index contributed by atoms with van der Waals surface area (Å²) in [5, 5.41) is 1.68. The normalized spacial score (nSPS) is 9.85. The second kappa shape index (κ2) is 3.49. The van der Waals surface area contributed by atoms with Gasteiger partial charge in [-0.2, -0.15) is 0 Å². The number of aromatic nitrogens is 2. The fourth-order valence-electron chi connectivity index (χ4n) is 1.22. The van der Waals surface area contributed by atoms with E-state index in [4.69, 9.17) is 12.2 Å². The lowest BCUT2D eigenvalue weighted by Gasteiger charge is -2.04. The van der Waals surface area contributed by atoms with E-state index in [0.29, 0.717) is 0 Å². The molecule has 2 nitrogen and oxygen atoms in total. The molecular weight excluding hydrogens is 180 g/mol. The van der Waals surface area contributed by atoms with Crippen molar-refractivity contribution in [2.24, 2.45) is 0 Å². The van der Waals surface area contributed by atoms with Crippen LogP contribution in [0.3, 0.4) is 0 Å². The highest BCUT2D eigenvalue weighted by Crippen LogP contribution is 2.11. The van der Waals surface area contributed by atoms with E-state index in [-0.39, 0.29) is 0 Å². The molecule has 0 saturated carbocycles. The summed E-state index contributed by atoms with van der Waals surface area (Å²) < 4.78 is 1.94. The van der Waals surface area contributed by atoms with Crippen LogP contribution in [-0.4, -0.2) is 14.9 Å². The maximum atomic E-state index is 4.92. The third-order valence-corrected chi connectivity index (χ3v) is 2.10. The topological polar surface area (TPSA) is 17.8 Å². The Bertz CT molecular complexity index is 407. The minimum Gasteiger partial charge on any atom is -0.306 e. The average molecular weight is 188 g/mol. The van der Waals surface area contributed by atoms with Gasteiger partial charge >= 0.3 is 0 Å². The predicted octanol–water partition coefficient (Wildman–Crippen LogP) is 2.22. The second-order valence-corrected chi connectivity index (χ2v) is 2.88. The van der Waals surface area contributed by atoms with Crippen molar-refractivity contribution in [2.75, 3.05) is 0 Å². The van der Waals surface area contributed by atoms with Gasteiger partial charge in [0.2, 0.25) is 0 Å². The van der Waals surface area contributed by atoms with Crippen LogP contribution >= 0.6 is 12.2 Å². The minimum absolute atomic E-state index is 1.04. The molecule has 0 spiro atoms. The number of nitrogens with zero attached hydrogens (tertiary/aromatic N) is 2. The molecule has 2 rings (SSSR count). The van der Waals surface area contributed by atoms with Crippen LogP contribution in [0.15, 0.2) is 43.0 Å². The molecule has 0 atom stereocenters. The zero-order valence-electron chi connectivity index (χ0n) is 6.92. The Kier molecular flexibility index (Phi) is 2.19. The molecule has 0 aliphatic carbocycles. The summed E-state index contributed by atoms with van der Waals surface area (Å²) in [5.74, 6) is 0. The Morgan fingerprint density at radius 1 is 1.31 bits per heavy atom. The summed E-state index contributed by atoms with van der Waals surface area (Å²) in [7, 11) is 0. The van der Waals surface area contributed by atoms with Crippen molar-refractivity contribution in [2.45, 2.75) is 0 Å². The first-order valence-corrected chi connectivity index (χ1v) is 4.41. The molecule has 1 aromatic heterocycles. The van der Waals surface area contributed by atoms with Crippen LogP contribution in [0.4, 0.5) is 0 Å². The lowest BCUT2D eigenvalue weighted by molar-refractivity contribution is 1.05. The highest BCUT2D eigenvalue weighted by molar-refractivity contribution is 7.79. The number of benzene rings is 1. The Labute approximate surface area is 81.9 Å². The smallest absolute Gasteiger partial charge is 0.0991 e. The van der Waals surface area contributed by atoms with E-state index in [1.807, 2.05) is 35.0 Å². The highest BCUT2D eigenvalue weighted by Gasteiger charge is 1.98. The maximum absolute atomic E-state index is 4.92. The summed E-state index contributed by atoms with van der Waals surface area (Å²) in [5.41, 5.74) is 2.10. The minimum atomic E-state index is 1.04. The van der Waals surface area contributed by atoms with Gasteiger partial charge in [0.1, 0.15) is 0 Å². The number of hydrogen-bond donors (Lipinski definition) is 0. The molecule has 0 N–H and O–H groups in total. The van der Waals surface area contributed by atoms with E-state index in [9.17, 15) is 0 Å². The lowest BCUT2D eigenvalue weighted by atomic mass is 10.2. The highest BCUT2D eigenvalue weighted by atomic mass is 32.1. The van der Waals surface area contributed by atoms with Gasteiger partial charge in [-0.25, -0.2) is 4.98 Å².